The zero-order valence-corrected chi connectivity index (χ0v) is 11.7. The third-order valence-corrected chi connectivity index (χ3v) is 5.14. The van der Waals surface area contributed by atoms with E-state index < -0.39 is 6.04 Å². The number of nitrogens with zero attached hydrogens (tertiary/aromatic N) is 2. The summed E-state index contributed by atoms with van der Waals surface area (Å²) in [6, 6.07) is -0.414. The number of amides is 1. The Bertz CT molecular complexity index is 381. The fourth-order valence-corrected chi connectivity index (χ4v) is 3.73. The highest BCUT2D eigenvalue weighted by atomic mass is 32.2. The van der Waals surface area contributed by atoms with Crippen molar-refractivity contribution in [1.82, 2.24) is 10.2 Å². The van der Waals surface area contributed by atoms with Crippen LogP contribution in [0.25, 0.3) is 4.85 Å². The quantitative estimate of drug-likeness (QED) is 0.715. The lowest BCUT2D eigenvalue weighted by Crippen LogP contribution is -2.49. The third-order valence-electron chi connectivity index (χ3n) is 3.65. The van der Waals surface area contributed by atoms with Crippen LogP contribution in [0.3, 0.4) is 0 Å². The Morgan fingerprint density at radius 1 is 1.67 bits per heavy atom. The molecule has 0 aromatic rings. The van der Waals surface area contributed by atoms with Gasteiger partial charge in [0.1, 0.15) is 0 Å². The minimum Gasteiger partial charge on any atom is -0.339 e. The van der Waals surface area contributed by atoms with Crippen LogP contribution >= 0.6 is 11.8 Å². The first kappa shape index (κ1) is 13.7. The predicted octanol–water partition coefficient (Wildman–Crippen LogP) is 0.480. The largest absolute Gasteiger partial charge is 0.339 e. The van der Waals surface area contributed by atoms with Gasteiger partial charge in [-0.2, -0.15) is 0 Å². The van der Waals surface area contributed by atoms with Crippen LogP contribution in [0, 0.1) is 12.5 Å². The number of carbonyl (C=O) groups is 1. The molecule has 2 fully saturated rings. The van der Waals surface area contributed by atoms with Gasteiger partial charge in [-0.15, -0.1) is 11.8 Å². The highest BCUT2D eigenvalue weighted by molar-refractivity contribution is 8.01. The second kappa shape index (κ2) is 5.08. The van der Waals surface area contributed by atoms with Crippen molar-refractivity contribution < 1.29 is 4.79 Å². The van der Waals surface area contributed by atoms with Crippen LogP contribution in [0.15, 0.2) is 0 Å². The maximum atomic E-state index is 12.2. The average Bonchev–Trinajstić information content (AvgIpc) is 2.95. The molecule has 3 N–H and O–H groups in total. The molecule has 1 amide bonds. The van der Waals surface area contributed by atoms with E-state index in [1.54, 1.807) is 11.8 Å². The molecule has 5 nitrogen and oxygen atoms in total. The van der Waals surface area contributed by atoms with Gasteiger partial charge in [0, 0.05) is 13.1 Å². The van der Waals surface area contributed by atoms with E-state index in [0.29, 0.717) is 6.54 Å². The van der Waals surface area contributed by atoms with Crippen molar-refractivity contribution >= 4 is 17.7 Å². The highest BCUT2D eigenvalue weighted by Crippen LogP contribution is 2.38. The molecule has 18 heavy (non-hydrogen) atoms. The number of carbonyl (C=O) groups excluding carboxylic acids is 1. The summed E-state index contributed by atoms with van der Waals surface area (Å²) in [4.78, 5) is 17.4. The van der Waals surface area contributed by atoms with Crippen LogP contribution in [-0.4, -0.2) is 46.7 Å². The third kappa shape index (κ3) is 2.48. The number of nitrogens with two attached hydrogens (primary N) is 1. The van der Waals surface area contributed by atoms with Crippen LogP contribution in [0.2, 0.25) is 0 Å². The van der Waals surface area contributed by atoms with E-state index in [9.17, 15) is 4.79 Å². The highest BCUT2D eigenvalue weighted by Gasteiger charge is 2.48. The van der Waals surface area contributed by atoms with E-state index in [1.807, 2.05) is 18.7 Å². The molecule has 2 aliphatic heterocycles. The molecule has 2 heterocycles. The Balaban J connectivity index is 1.97. The summed E-state index contributed by atoms with van der Waals surface area (Å²) < 4.78 is 0. The van der Waals surface area contributed by atoms with Crippen LogP contribution in [0.4, 0.5) is 0 Å². The number of rotatable bonds is 2. The monoisotopic (exact) mass is 268 g/mol. The Labute approximate surface area is 112 Å². The lowest BCUT2D eigenvalue weighted by Gasteiger charge is -2.25. The summed E-state index contributed by atoms with van der Waals surface area (Å²) in [6.45, 7) is 12.4. The summed E-state index contributed by atoms with van der Waals surface area (Å²) in [5, 5.41) is 3.34. The Hall–Kier alpha value is -0.770. The van der Waals surface area contributed by atoms with Gasteiger partial charge in [-0.3, -0.25) is 9.64 Å². The summed E-state index contributed by atoms with van der Waals surface area (Å²) in [6.07, 6.45) is 0.795. The van der Waals surface area contributed by atoms with Crippen LogP contribution < -0.4 is 11.1 Å². The van der Waals surface area contributed by atoms with Crippen molar-refractivity contribution in [2.24, 2.45) is 11.7 Å². The van der Waals surface area contributed by atoms with Gasteiger partial charge in [-0.1, -0.05) is 13.8 Å². The van der Waals surface area contributed by atoms with Crippen molar-refractivity contribution in [3.05, 3.63) is 11.4 Å². The molecular weight excluding hydrogens is 248 g/mol. The van der Waals surface area contributed by atoms with Crippen molar-refractivity contribution in [3.8, 4) is 0 Å². The van der Waals surface area contributed by atoms with E-state index in [2.05, 4.69) is 10.2 Å². The van der Waals surface area contributed by atoms with E-state index in [0.717, 1.165) is 18.7 Å². The van der Waals surface area contributed by atoms with Gasteiger partial charge in [0.25, 0.3) is 6.17 Å². The second-order valence-electron chi connectivity index (χ2n) is 5.37. The minimum atomic E-state index is -0.414. The molecule has 2 rings (SSSR count). The van der Waals surface area contributed by atoms with E-state index in [-0.39, 0.29) is 22.9 Å². The van der Waals surface area contributed by atoms with Gasteiger partial charge >= 0.3 is 0 Å². The topological polar surface area (TPSA) is 62.7 Å². The lowest BCUT2D eigenvalue weighted by atomic mass is 10.0. The molecule has 1 unspecified atom stereocenters. The molecule has 3 atom stereocenters. The van der Waals surface area contributed by atoms with Gasteiger partial charge in [-0.05, 0) is 12.3 Å². The van der Waals surface area contributed by atoms with E-state index in [4.69, 9.17) is 12.3 Å². The molecule has 6 heteroatoms. The van der Waals surface area contributed by atoms with E-state index >= 15 is 0 Å². The normalized spacial score (nSPS) is 33.1. The maximum Gasteiger partial charge on any atom is 0.287 e. The van der Waals surface area contributed by atoms with Gasteiger partial charge in [0.2, 0.25) is 5.91 Å². The standard InChI is InChI=1S/C12H20N4OS/c1-8(2)10(13)11(17)16-5-4-12(7-16)15-9(14-3)6-18-12/h8-10,15H,4-7,13H2,1-2H3/t9-,10-,12?/m0/s1. The molecule has 0 aromatic carbocycles. The summed E-state index contributed by atoms with van der Waals surface area (Å²) in [5.74, 6) is 1.01. The zero-order chi connectivity index (χ0) is 13.3. The first-order valence-electron chi connectivity index (χ1n) is 6.30. The second-order valence-corrected chi connectivity index (χ2v) is 6.78. The maximum absolute atomic E-state index is 12.2. The smallest absolute Gasteiger partial charge is 0.287 e. The average molecular weight is 268 g/mol. The van der Waals surface area contributed by atoms with Crippen LogP contribution in [0.1, 0.15) is 20.3 Å². The van der Waals surface area contributed by atoms with Crippen LogP contribution in [-0.2, 0) is 4.79 Å². The lowest BCUT2D eigenvalue weighted by molar-refractivity contribution is -0.132. The van der Waals surface area contributed by atoms with E-state index in [1.165, 1.54) is 0 Å². The summed E-state index contributed by atoms with van der Waals surface area (Å²) >= 11 is 1.77. The fourth-order valence-electron chi connectivity index (χ4n) is 2.40. The first-order chi connectivity index (χ1) is 8.47. The van der Waals surface area contributed by atoms with Crippen LogP contribution in [0.5, 0.6) is 0 Å². The molecule has 2 saturated heterocycles. The molecular formula is C12H20N4OS. The molecule has 0 aromatic heterocycles. The number of nitrogens with one attached hydrogen (secondary N) is 1. The van der Waals surface area contributed by atoms with Gasteiger partial charge in [-0.25, -0.2) is 11.9 Å². The summed E-state index contributed by atoms with van der Waals surface area (Å²) in [7, 11) is 0. The van der Waals surface area contributed by atoms with Crippen molar-refractivity contribution in [1.29, 1.82) is 0 Å². The number of hydrogen-bond acceptors (Lipinski definition) is 4. The Kier molecular flexibility index (Phi) is 3.85. The molecule has 1 spiro atoms. The molecule has 0 saturated carbocycles. The Morgan fingerprint density at radius 2 is 2.39 bits per heavy atom. The summed E-state index contributed by atoms with van der Waals surface area (Å²) in [5.41, 5.74) is 5.91. The minimum absolute atomic E-state index is 0.0375. The molecule has 0 radical (unpaired) electrons. The number of hydrogen-bond donors (Lipinski definition) is 2. The predicted molar refractivity (Wildman–Crippen MR) is 72.7 cm³/mol. The van der Waals surface area contributed by atoms with Gasteiger partial charge in [0.15, 0.2) is 0 Å². The van der Waals surface area contributed by atoms with Crippen molar-refractivity contribution in [2.45, 2.75) is 37.3 Å². The molecule has 0 aliphatic carbocycles. The molecule has 100 valence electrons. The van der Waals surface area contributed by atoms with Gasteiger partial charge in [0.05, 0.1) is 16.7 Å². The Morgan fingerprint density at radius 3 is 2.94 bits per heavy atom. The van der Waals surface area contributed by atoms with Crippen molar-refractivity contribution in [3.63, 3.8) is 0 Å². The molecule has 2 aliphatic rings. The van der Waals surface area contributed by atoms with Crippen molar-refractivity contribution in [2.75, 3.05) is 18.8 Å². The molecule has 0 bridgehead atoms. The van der Waals surface area contributed by atoms with Gasteiger partial charge < -0.3 is 10.6 Å². The SMILES string of the molecule is [C-]#[N+][C@@H]1CSC2(CCN(C(=O)[C@@H](N)C(C)C)C2)N1. The zero-order valence-electron chi connectivity index (χ0n) is 10.8. The fraction of sp³-hybridized carbons (Fsp3) is 0.833. The number of thioether (sulfide) groups is 1. The number of likely N-dealkylation sites (tertiary alicyclic amines) is 1. The first-order valence-corrected chi connectivity index (χ1v) is 7.28.